The zero-order valence-corrected chi connectivity index (χ0v) is 13.5. The van der Waals surface area contributed by atoms with Gasteiger partial charge in [0.2, 0.25) is 0 Å². The van der Waals surface area contributed by atoms with Gasteiger partial charge in [-0.05, 0) is 51.3 Å². The van der Waals surface area contributed by atoms with Crippen molar-refractivity contribution in [3.8, 4) is 0 Å². The van der Waals surface area contributed by atoms with Crippen LogP contribution in [0.2, 0.25) is 0 Å². The Morgan fingerprint density at radius 2 is 2.00 bits per heavy atom. The minimum Gasteiger partial charge on any atom is -0.465 e. The molecule has 1 N–H and O–H groups in total. The smallest absolute Gasteiger partial charge is 0.338 e. The molecule has 0 radical (unpaired) electrons. The van der Waals surface area contributed by atoms with Crippen LogP contribution in [0, 0.1) is 6.92 Å². The molecule has 0 unspecified atom stereocenters. The molecule has 0 amide bonds. The van der Waals surface area contributed by atoms with Crippen molar-refractivity contribution in [3.63, 3.8) is 0 Å². The molecule has 1 aliphatic rings. The lowest BCUT2D eigenvalue weighted by molar-refractivity contribution is 0.0600. The first-order chi connectivity index (χ1) is 10.0. The molecule has 1 aliphatic heterocycles. The van der Waals surface area contributed by atoms with Crippen LogP contribution >= 0.6 is 0 Å². The van der Waals surface area contributed by atoms with Gasteiger partial charge in [-0.2, -0.15) is 0 Å². The highest BCUT2D eigenvalue weighted by Gasteiger charge is 2.21. The number of nitrogens with zero attached hydrogens (tertiary/aromatic N) is 1. The summed E-state index contributed by atoms with van der Waals surface area (Å²) in [5.74, 6) is -0.272. The molecule has 0 aliphatic carbocycles. The number of piperidine rings is 1. The molecule has 4 heteroatoms. The van der Waals surface area contributed by atoms with Gasteiger partial charge in [-0.1, -0.05) is 6.07 Å². The number of hydrogen-bond acceptors (Lipinski definition) is 4. The van der Waals surface area contributed by atoms with Gasteiger partial charge in [0.1, 0.15) is 0 Å². The summed E-state index contributed by atoms with van der Waals surface area (Å²) in [6, 6.07) is 6.86. The fourth-order valence-corrected chi connectivity index (χ4v) is 2.90. The Bertz CT molecular complexity index is 492. The first kappa shape index (κ1) is 15.8. The summed E-state index contributed by atoms with van der Waals surface area (Å²) < 4.78 is 4.83. The van der Waals surface area contributed by atoms with Crippen LogP contribution in [0.5, 0.6) is 0 Å². The first-order valence-electron chi connectivity index (χ1n) is 7.71. The van der Waals surface area contributed by atoms with Crippen molar-refractivity contribution >= 4 is 11.7 Å². The third-order valence-electron chi connectivity index (χ3n) is 4.36. The molecule has 4 nitrogen and oxygen atoms in total. The fourth-order valence-electron chi connectivity index (χ4n) is 2.90. The number of methoxy groups -OCH3 is 1. The van der Waals surface area contributed by atoms with E-state index in [2.05, 4.69) is 24.1 Å². The van der Waals surface area contributed by atoms with Gasteiger partial charge in [-0.15, -0.1) is 0 Å². The molecule has 1 saturated heterocycles. The number of esters is 1. The molecule has 1 aromatic carbocycles. The predicted octanol–water partition coefficient (Wildman–Crippen LogP) is 3.07. The molecule has 0 saturated carbocycles. The predicted molar refractivity (Wildman–Crippen MR) is 85.9 cm³/mol. The number of anilines is 1. The topological polar surface area (TPSA) is 41.6 Å². The monoisotopic (exact) mass is 290 g/mol. The van der Waals surface area contributed by atoms with Crippen molar-refractivity contribution in [2.75, 3.05) is 25.5 Å². The van der Waals surface area contributed by atoms with E-state index in [9.17, 15) is 4.79 Å². The van der Waals surface area contributed by atoms with E-state index in [1.54, 1.807) is 0 Å². The number of benzene rings is 1. The number of carbonyl (C=O) groups is 1. The van der Waals surface area contributed by atoms with E-state index in [0.717, 1.165) is 37.2 Å². The van der Waals surface area contributed by atoms with E-state index >= 15 is 0 Å². The van der Waals surface area contributed by atoms with Crippen LogP contribution < -0.4 is 5.32 Å². The van der Waals surface area contributed by atoms with Crippen molar-refractivity contribution in [2.45, 2.75) is 45.7 Å². The fraction of sp³-hybridized carbons (Fsp3) is 0.588. The lowest BCUT2D eigenvalue weighted by atomic mass is 10.0. The van der Waals surface area contributed by atoms with Gasteiger partial charge in [0.25, 0.3) is 0 Å². The van der Waals surface area contributed by atoms with Crippen molar-refractivity contribution < 1.29 is 9.53 Å². The highest BCUT2D eigenvalue weighted by Crippen LogP contribution is 2.23. The van der Waals surface area contributed by atoms with Crippen LogP contribution in [-0.2, 0) is 4.74 Å². The summed E-state index contributed by atoms with van der Waals surface area (Å²) in [7, 11) is 1.42. The summed E-state index contributed by atoms with van der Waals surface area (Å²) in [6.07, 6.45) is 2.28. The molecule has 116 valence electrons. The molecule has 1 fully saturated rings. The summed E-state index contributed by atoms with van der Waals surface area (Å²) in [4.78, 5) is 14.2. The second-order valence-electron chi connectivity index (χ2n) is 6.02. The van der Waals surface area contributed by atoms with Crippen LogP contribution in [0.3, 0.4) is 0 Å². The largest absolute Gasteiger partial charge is 0.465 e. The Morgan fingerprint density at radius 1 is 1.33 bits per heavy atom. The lowest BCUT2D eigenvalue weighted by Gasteiger charge is -2.35. The zero-order chi connectivity index (χ0) is 15.4. The average molecular weight is 290 g/mol. The Hall–Kier alpha value is -1.55. The summed E-state index contributed by atoms with van der Waals surface area (Å²) >= 11 is 0. The van der Waals surface area contributed by atoms with E-state index in [0.29, 0.717) is 17.6 Å². The Balaban J connectivity index is 2.03. The summed E-state index contributed by atoms with van der Waals surface area (Å²) in [6.45, 7) is 8.73. The lowest BCUT2D eigenvalue weighted by Crippen LogP contribution is -2.42. The van der Waals surface area contributed by atoms with Crippen LogP contribution in [-0.4, -0.2) is 43.2 Å². The molecular weight excluding hydrogens is 264 g/mol. The maximum atomic E-state index is 11.7. The Labute approximate surface area is 127 Å². The third-order valence-corrected chi connectivity index (χ3v) is 4.36. The number of likely N-dealkylation sites (tertiary alicyclic amines) is 1. The molecule has 0 bridgehead atoms. The first-order valence-corrected chi connectivity index (χ1v) is 7.71. The molecule has 21 heavy (non-hydrogen) atoms. The number of hydrogen-bond donors (Lipinski definition) is 1. The quantitative estimate of drug-likeness (QED) is 0.865. The Morgan fingerprint density at radius 3 is 2.57 bits per heavy atom. The second-order valence-corrected chi connectivity index (χ2v) is 6.02. The molecule has 1 heterocycles. The molecule has 0 spiro atoms. The van der Waals surface area contributed by atoms with Gasteiger partial charge < -0.3 is 15.0 Å². The third kappa shape index (κ3) is 3.76. The van der Waals surface area contributed by atoms with E-state index < -0.39 is 0 Å². The van der Waals surface area contributed by atoms with Crippen molar-refractivity contribution in [2.24, 2.45) is 0 Å². The molecule has 2 rings (SSSR count). The standard InChI is InChI=1S/C17H26N2O2/c1-12(2)19-10-8-14(9-11-19)18-16-7-5-6-15(13(16)3)17(20)21-4/h5-7,12,14,18H,8-11H2,1-4H3. The van der Waals surface area contributed by atoms with E-state index in [4.69, 9.17) is 4.74 Å². The van der Waals surface area contributed by atoms with Crippen molar-refractivity contribution in [1.82, 2.24) is 4.90 Å². The number of nitrogens with one attached hydrogen (secondary N) is 1. The summed E-state index contributed by atoms with van der Waals surface area (Å²) in [5.41, 5.74) is 2.65. The van der Waals surface area contributed by atoms with E-state index in [1.165, 1.54) is 7.11 Å². The van der Waals surface area contributed by atoms with Gasteiger partial charge in [-0.3, -0.25) is 0 Å². The second kappa shape index (κ2) is 6.94. The van der Waals surface area contributed by atoms with Crippen LogP contribution in [0.4, 0.5) is 5.69 Å². The van der Waals surface area contributed by atoms with E-state index in [-0.39, 0.29) is 5.97 Å². The van der Waals surface area contributed by atoms with Crippen LogP contribution in [0.1, 0.15) is 42.6 Å². The SMILES string of the molecule is COC(=O)c1cccc(NC2CCN(C(C)C)CC2)c1C. The maximum absolute atomic E-state index is 11.7. The molecule has 0 aromatic heterocycles. The minimum absolute atomic E-state index is 0.272. The molecule has 1 aromatic rings. The number of ether oxygens (including phenoxy) is 1. The zero-order valence-electron chi connectivity index (χ0n) is 13.5. The highest BCUT2D eigenvalue weighted by atomic mass is 16.5. The van der Waals surface area contributed by atoms with Gasteiger partial charge in [0.15, 0.2) is 0 Å². The van der Waals surface area contributed by atoms with Crippen molar-refractivity contribution in [1.29, 1.82) is 0 Å². The molecular formula is C17H26N2O2. The average Bonchev–Trinajstić information content (AvgIpc) is 2.49. The van der Waals surface area contributed by atoms with Gasteiger partial charge in [0.05, 0.1) is 12.7 Å². The minimum atomic E-state index is -0.272. The summed E-state index contributed by atoms with van der Waals surface area (Å²) in [5, 5.41) is 3.59. The van der Waals surface area contributed by atoms with E-state index in [1.807, 2.05) is 25.1 Å². The van der Waals surface area contributed by atoms with Gasteiger partial charge in [-0.25, -0.2) is 4.79 Å². The van der Waals surface area contributed by atoms with Gasteiger partial charge in [0, 0.05) is 30.9 Å². The normalized spacial score (nSPS) is 17.0. The molecule has 0 atom stereocenters. The number of carbonyl (C=O) groups excluding carboxylic acids is 1. The van der Waals surface area contributed by atoms with Gasteiger partial charge >= 0.3 is 5.97 Å². The highest BCUT2D eigenvalue weighted by molar-refractivity contribution is 5.92. The van der Waals surface area contributed by atoms with Crippen LogP contribution in [0.15, 0.2) is 18.2 Å². The van der Waals surface area contributed by atoms with Crippen molar-refractivity contribution in [3.05, 3.63) is 29.3 Å². The van der Waals surface area contributed by atoms with Crippen LogP contribution in [0.25, 0.3) is 0 Å². The Kier molecular flexibility index (Phi) is 5.23. The number of rotatable bonds is 4. The maximum Gasteiger partial charge on any atom is 0.338 e.